The van der Waals surface area contributed by atoms with E-state index in [1.54, 1.807) is 6.07 Å². The zero-order chi connectivity index (χ0) is 19.5. The van der Waals surface area contributed by atoms with Gasteiger partial charge in [0.05, 0.1) is 22.5 Å². The summed E-state index contributed by atoms with van der Waals surface area (Å²) in [7, 11) is 0. The van der Waals surface area contributed by atoms with Gasteiger partial charge in [0, 0.05) is 18.5 Å². The Kier molecular flexibility index (Phi) is 5.10. The predicted molar refractivity (Wildman–Crippen MR) is 112 cm³/mol. The molecule has 6 heteroatoms. The second kappa shape index (κ2) is 7.84. The fraction of sp³-hybridized carbons (Fsp3) is 0.318. The molecule has 1 amide bonds. The molecule has 0 saturated carbocycles. The van der Waals surface area contributed by atoms with Gasteiger partial charge in [0.2, 0.25) is 5.91 Å². The van der Waals surface area contributed by atoms with Crippen molar-refractivity contribution in [3.05, 3.63) is 64.6 Å². The summed E-state index contributed by atoms with van der Waals surface area (Å²) in [5.74, 6) is -0.256. The van der Waals surface area contributed by atoms with Gasteiger partial charge in [-0.1, -0.05) is 30.3 Å². The fourth-order valence-corrected chi connectivity index (χ4v) is 3.83. The van der Waals surface area contributed by atoms with E-state index < -0.39 is 0 Å². The highest BCUT2D eigenvalue weighted by Gasteiger charge is 2.16. The van der Waals surface area contributed by atoms with Crippen LogP contribution in [0.15, 0.2) is 53.3 Å². The van der Waals surface area contributed by atoms with Crippen molar-refractivity contribution in [1.82, 2.24) is 9.78 Å². The normalized spacial score (nSPS) is 14.2. The molecule has 6 nitrogen and oxygen atoms in total. The molecule has 28 heavy (non-hydrogen) atoms. The van der Waals surface area contributed by atoms with Gasteiger partial charge < -0.3 is 10.2 Å². The number of aromatic nitrogens is 2. The number of carbonyl (C=O) groups is 1. The molecule has 0 aliphatic carbocycles. The molecule has 2 heterocycles. The van der Waals surface area contributed by atoms with E-state index in [2.05, 4.69) is 15.3 Å². The first kappa shape index (κ1) is 18.2. The van der Waals surface area contributed by atoms with Gasteiger partial charge in [-0.05, 0) is 44.4 Å². The van der Waals surface area contributed by atoms with Crippen LogP contribution in [-0.4, -0.2) is 28.8 Å². The molecule has 2 aromatic carbocycles. The number of para-hydroxylation sites is 2. The van der Waals surface area contributed by atoms with Crippen molar-refractivity contribution < 1.29 is 4.79 Å². The minimum absolute atomic E-state index is 0.112. The van der Waals surface area contributed by atoms with E-state index in [9.17, 15) is 9.59 Å². The third-order valence-corrected chi connectivity index (χ3v) is 5.22. The van der Waals surface area contributed by atoms with Gasteiger partial charge in [0.15, 0.2) is 0 Å². The number of hydrogen-bond donors (Lipinski definition) is 1. The maximum Gasteiger partial charge on any atom is 0.275 e. The Balaban J connectivity index is 1.57. The highest BCUT2D eigenvalue weighted by atomic mass is 16.2. The number of aryl methyl sites for hydroxylation is 1. The molecule has 0 radical (unpaired) electrons. The van der Waals surface area contributed by atoms with Crippen molar-refractivity contribution in [3.63, 3.8) is 0 Å². The SMILES string of the molecule is Cc1nn(CC(=O)Nc2ccccc2N2CCCCC2)c(=O)c2ccccc12. The number of amides is 1. The molecule has 0 spiro atoms. The van der Waals surface area contributed by atoms with Crippen LogP contribution in [0.4, 0.5) is 11.4 Å². The zero-order valence-electron chi connectivity index (χ0n) is 16.0. The summed E-state index contributed by atoms with van der Waals surface area (Å²) >= 11 is 0. The molecule has 0 atom stereocenters. The Labute approximate surface area is 163 Å². The second-order valence-electron chi connectivity index (χ2n) is 7.21. The Morgan fingerprint density at radius 1 is 1.00 bits per heavy atom. The quantitative estimate of drug-likeness (QED) is 0.758. The van der Waals surface area contributed by atoms with Gasteiger partial charge >= 0.3 is 0 Å². The van der Waals surface area contributed by atoms with Crippen LogP contribution in [0.1, 0.15) is 25.0 Å². The van der Waals surface area contributed by atoms with E-state index in [1.807, 2.05) is 49.4 Å². The minimum atomic E-state index is -0.256. The van der Waals surface area contributed by atoms with Crippen LogP contribution in [-0.2, 0) is 11.3 Å². The molecule has 1 aliphatic rings. The highest BCUT2D eigenvalue weighted by Crippen LogP contribution is 2.28. The first-order valence-corrected chi connectivity index (χ1v) is 9.74. The smallest absolute Gasteiger partial charge is 0.275 e. The number of rotatable bonds is 4. The zero-order valence-corrected chi connectivity index (χ0v) is 16.0. The summed E-state index contributed by atoms with van der Waals surface area (Å²) in [6.07, 6.45) is 3.58. The van der Waals surface area contributed by atoms with Gasteiger partial charge in [0.1, 0.15) is 6.54 Å². The summed E-state index contributed by atoms with van der Waals surface area (Å²) in [5.41, 5.74) is 2.29. The van der Waals surface area contributed by atoms with Crippen molar-refractivity contribution in [3.8, 4) is 0 Å². The third-order valence-electron chi connectivity index (χ3n) is 5.22. The van der Waals surface area contributed by atoms with E-state index >= 15 is 0 Å². The average molecular weight is 376 g/mol. The number of nitrogens with one attached hydrogen (secondary N) is 1. The Bertz CT molecular complexity index is 1070. The minimum Gasteiger partial charge on any atom is -0.370 e. The van der Waals surface area contributed by atoms with E-state index in [4.69, 9.17) is 0 Å². The second-order valence-corrected chi connectivity index (χ2v) is 7.21. The van der Waals surface area contributed by atoms with Gasteiger partial charge in [-0.25, -0.2) is 4.68 Å². The number of nitrogens with zero attached hydrogens (tertiary/aromatic N) is 3. The summed E-state index contributed by atoms with van der Waals surface area (Å²) in [5, 5.41) is 8.70. The maximum atomic E-state index is 12.7. The largest absolute Gasteiger partial charge is 0.370 e. The first-order chi connectivity index (χ1) is 13.6. The average Bonchev–Trinajstić information content (AvgIpc) is 2.73. The van der Waals surface area contributed by atoms with Crippen LogP contribution < -0.4 is 15.8 Å². The molecular formula is C22H24N4O2. The molecule has 0 bridgehead atoms. The Morgan fingerprint density at radius 2 is 1.68 bits per heavy atom. The predicted octanol–water partition coefficient (Wildman–Crippen LogP) is 3.33. The summed E-state index contributed by atoms with van der Waals surface area (Å²) in [6.45, 7) is 3.73. The van der Waals surface area contributed by atoms with Gasteiger partial charge in [0.25, 0.3) is 5.56 Å². The highest BCUT2D eigenvalue weighted by molar-refractivity contribution is 5.94. The summed E-state index contributed by atoms with van der Waals surface area (Å²) in [6, 6.07) is 15.2. The van der Waals surface area contributed by atoms with E-state index in [-0.39, 0.29) is 18.0 Å². The molecule has 1 saturated heterocycles. The number of carbonyl (C=O) groups excluding carboxylic acids is 1. The van der Waals surface area contributed by atoms with Gasteiger partial charge in [-0.3, -0.25) is 9.59 Å². The lowest BCUT2D eigenvalue weighted by molar-refractivity contribution is -0.117. The molecule has 3 aromatic rings. The van der Waals surface area contributed by atoms with Crippen LogP contribution in [0.25, 0.3) is 10.8 Å². The lowest BCUT2D eigenvalue weighted by Gasteiger charge is -2.30. The number of benzene rings is 2. The number of fused-ring (bicyclic) bond motifs is 1. The lowest BCUT2D eigenvalue weighted by atomic mass is 10.1. The molecule has 144 valence electrons. The fourth-order valence-electron chi connectivity index (χ4n) is 3.83. The summed E-state index contributed by atoms with van der Waals surface area (Å²) < 4.78 is 1.25. The van der Waals surface area contributed by atoms with Crippen LogP contribution >= 0.6 is 0 Å². The summed E-state index contributed by atoms with van der Waals surface area (Å²) in [4.78, 5) is 27.7. The van der Waals surface area contributed by atoms with Gasteiger partial charge in [-0.2, -0.15) is 5.10 Å². The van der Waals surface area contributed by atoms with Crippen LogP contribution in [0.2, 0.25) is 0 Å². The molecule has 1 N–H and O–H groups in total. The molecule has 0 unspecified atom stereocenters. The van der Waals surface area contributed by atoms with Crippen molar-refractivity contribution in [2.24, 2.45) is 0 Å². The van der Waals surface area contributed by atoms with E-state index in [1.165, 1.54) is 11.1 Å². The number of piperidine rings is 1. The van der Waals surface area contributed by atoms with Crippen LogP contribution in [0, 0.1) is 6.92 Å². The monoisotopic (exact) mass is 376 g/mol. The maximum absolute atomic E-state index is 12.7. The van der Waals surface area contributed by atoms with E-state index in [0.29, 0.717) is 5.39 Å². The molecular weight excluding hydrogens is 352 g/mol. The standard InChI is InChI=1S/C22H24N4O2/c1-16-17-9-3-4-10-18(17)22(28)26(24-16)15-21(27)23-19-11-5-6-12-20(19)25-13-7-2-8-14-25/h3-6,9-12H,2,7-8,13-15H2,1H3,(H,23,27). The van der Waals surface area contributed by atoms with Crippen molar-refractivity contribution in [1.29, 1.82) is 0 Å². The topological polar surface area (TPSA) is 67.2 Å². The first-order valence-electron chi connectivity index (χ1n) is 9.74. The molecule has 4 rings (SSSR count). The van der Waals surface area contributed by atoms with Crippen molar-refractivity contribution in [2.75, 3.05) is 23.3 Å². The molecule has 1 aliphatic heterocycles. The van der Waals surface area contributed by atoms with Crippen molar-refractivity contribution in [2.45, 2.75) is 32.7 Å². The lowest BCUT2D eigenvalue weighted by Crippen LogP contribution is -2.32. The van der Waals surface area contributed by atoms with E-state index in [0.717, 1.165) is 48.4 Å². The molecule has 1 fully saturated rings. The Morgan fingerprint density at radius 3 is 2.46 bits per heavy atom. The number of hydrogen-bond acceptors (Lipinski definition) is 4. The third kappa shape index (κ3) is 3.63. The Hall–Kier alpha value is -3.15. The van der Waals surface area contributed by atoms with Crippen LogP contribution in [0.5, 0.6) is 0 Å². The number of anilines is 2. The van der Waals surface area contributed by atoms with Gasteiger partial charge in [-0.15, -0.1) is 0 Å². The molecule has 1 aromatic heterocycles. The van der Waals surface area contributed by atoms with Crippen molar-refractivity contribution >= 4 is 28.1 Å². The van der Waals surface area contributed by atoms with Crippen LogP contribution in [0.3, 0.4) is 0 Å².